The van der Waals surface area contributed by atoms with Gasteiger partial charge in [-0.1, -0.05) is 36.4 Å². The van der Waals surface area contributed by atoms with Crippen molar-refractivity contribution in [1.29, 1.82) is 0 Å². The number of Topliss-reactive ketones (excluding diaryl/α,β-unsaturated/α-hetero) is 1. The van der Waals surface area contributed by atoms with E-state index in [1.54, 1.807) is 36.4 Å². The third-order valence-electron chi connectivity index (χ3n) is 6.23. The van der Waals surface area contributed by atoms with Crippen LogP contribution in [-0.2, 0) is 0 Å². The number of carboxylic acids is 2. The van der Waals surface area contributed by atoms with Crippen LogP contribution in [0.25, 0.3) is 23.3 Å². The topological polar surface area (TPSA) is 161 Å². The molecule has 176 valence electrons. The molecule has 0 aromatic heterocycles. The fourth-order valence-corrected chi connectivity index (χ4v) is 4.64. The van der Waals surface area contributed by atoms with E-state index in [-0.39, 0.29) is 56.1 Å². The highest BCUT2D eigenvalue weighted by atomic mass is 16.4. The summed E-state index contributed by atoms with van der Waals surface area (Å²) in [5, 5.41) is 20.7. The van der Waals surface area contributed by atoms with Gasteiger partial charge in [0.2, 0.25) is 0 Å². The number of fused-ring (bicyclic) bond motifs is 2. The van der Waals surface area contributed by atoms with Gasteiger partial charge in [-0.25, -0.2) is 9.59 Å². The number of carboxylic acid groups (broad SMARTS) is 2. The zero-order valence-corrected chi connectivity index (χ0v) is 18.6. The lowest BCUT2D eigenvalue weighted by molar-refractivity contribution is 0.0686. The second-order valence-corrected chi connectivity index (χ2v) is 8.33. The van der Waals surface area contributed by atoms with Crippen molar-refractivity contribution in [3.8, 4) is 0 Å². The lowest BCUT2D eigenvalue weighted by Crippen LogP contribution is -2.29. The molecule has 8 nitrogen and oxygen atoms in total. The van der Waals surface area contributed by atoms with Crippen molar-refractivity contribution < 1.29 is 29.4 Å². The lowest BCUT2D eigenvalue weighted by Gasteiger charge is -2.22. The fraction of sp³-hybridized carbons (Fsp3) is 0. The van der Waals surface area contributed by atoms with E-state index < -0.39 is 17.7 Å². The standard InChI is InChI=1S/C28H18N2O6/c29-20-7-2-5-15(24(20)27(33)34)19-12-14-11-17-13(4-1-9-22(17)31)10-18(14)26(32)23(19)16-6-3-8-21(30)25(16)28(35)36/h1-12H,29-30H2,(H,33,34)(H,35,36). The molecule has 6 N–H and O–H groups in total. The number of aromatic carboxylic acids is 2. The van der Waals surface area contributed by atoms with Crippen molar-refractivity contribution in [2.45, 2.75) is 0 Å². The Morgan fingerprint density at radius 2 is 1.31 bits per heavy atom. The Balaban J connectivity index is 1.95. The van der Waals surface area contributed by atoms with E-state index in [0.29, 0.717) is 16.0 Å². The molecule has 0 heterocycles. The van der Waals surface area contributed by atoms with Gasteiger partial charge in [-0.05, 0) is 58.0 Å². The molecule has 8 heteroatoms. The van der Waals surface area contributed by atoms with E-state index in [0.717, 1.165) is 0 Å². The zero-order chi connectivity index (χ0) is 25.7. The maximum absolute atomic E-state index is 14.0. The van der Waals surface area contributed by atoms with Crippen LogP contribution in [0.3, 0.4) is 0 Å². The number of anilines is 2. The highest BCUT2D eigenvalue weighted by Gasteiger charge is 2.31. The highest BCUT2D eigenvalue weighted by molar-refractivity contribution is 6.40. The largest absolute Gasteiger partial charge is 0.478 e. The van der Waals surface area contributed by atoms with Crippen molar-refractivity contribution in [2.24, 2.45) is 0 Å². The molecule has 0 fully saturated rings. The minimum atomic E-state index is -1.34. The van der Waals surface area contributed by atoms with Gasteiger partial charge in [-0.2, -0.15) is 0 Å². The molecule has 0 bridgehead atoms. The molecule has 2 aliphatic rings. The number of nitrogen functional groups attached to an aromatic ring is 2. The molecular weight excluding hydrogens is 460 g/mol. The summed E-state index contributed by atoms with van der Waals surface area (Å²) in [6.07, 6.45) is 6.28. The van der Waals surface area contributed by atoms with E-state index in [1.807, 2.05) is 0 Å². The number of carbonyl (C=O) groups is 4. The van der Waals surface area contributed by atoms with E-state index in [1.165, 1.54) is 36.4 Å². The summed E-state index contributed by atoms with van der Waals surface area (Å²) in [4.78, 5) is 50.8. The van der Waals surface area contributed by atoms with E-state index >= 15 is 0 Å². The molecule has 3 aromatic carbocycles. The fourth-order valence-electron chi connectivity index (χ4n) is 4.64. The summed E-state index contributed by atoms with van der Waals surface area (Å²) in [6.45, 7) is 0. The lowest BCUT2D eigenvalue weighted by atomic mass is 9.80. The SMILES string of the molecule is Nc1cccc(C2=C(c3cccc(N)c3C(=O)O)C(=O)c3cc4c(cc3=C2)C(=O)C=CC=4)c1C(=O)O. The zero-order valence-electron chi connectivity index (χ0n) is 18.6. The van der Waals surface area contributed by atoms with Crippen molar-refractivity contribution >= 4 is 58.2 Å². The van der Waals surface area contributed by atoms with Gasteiger partial charge in [0.05, 0.1) is 11.1 Å². The summed E-state index contributed by atoms with van der Waals surface area (Å²) >= 11 is 0. The Morgan fingerprint density at radius 3 is 1.94 bits per heavy atom. The van der Waals surface area contributed by atoms with E-state index in [2.05, 4.69) is 0 Å². The number of rotatable bonds is 4. The van der Waals surface area contributed by atoms with Crippen molar-refractivity contribution in [3.63, 3.8) is 0 Å². The second-order valence-electron chi connectivity index (χ2n) is 8.33. The Kier molecular flexibility index (Phi) is 5.14. The normalized spacial score (nSPS) is 14.0. The summed E-state index contributed by atoms with van der Waals surface area (Å²) in [5.41, 5.74) is 12.3. The third-order valence-corrected chi connectivity index (χ3v) is 6.23. The number of benzene rings is 3. The summed E-state index contributed by atoms with van der Waals surface area (Å²) < 4.78 is 0. The molecule has 3 aromatic rings. The van der Waals surface area contributed by atoms with Gasteiger partial charge in [0.1, 0.15) is 0 Å². The number of hydrogen-bond donors (Lipinski definition) is 4. The number of nitrogens with two attached hydrogens (primary N) is 2. The van der Waals surface area contributed by atoms with Gasteiger partial charge in [0.15, 0.2) is 11.6 Å². The molecule has 0 aliphatic heterocycles. The molecule has 0 saturated carbocycles. The van der Waals surface area contributed by atoms with Gasteiger partial charge >= 0.3 is 11.9 Å². The number of hydrogen-bond acceptors (Lipinski definition) is 6. The highest BCUT2D eigenvalue weighted by Crippen LogP contribution is 2.38. The summed E-state index contributed by atoms with van der Waals surface area (Å²) in [6, 6.07) is 12.0. The average Bonchev–Trinajstić information content (AvgIpc) is 2.82. The van der Waals surface area contributed by atoms with Gasteiger partial charge in [-0.15, -0.1) is 0 Å². The molecule has 0 atom stereocenters. The van der Waals surface area contributed by atoms with Gasteiger partial charge in [0, 0.05) is 33.6 Å². The summed E-state index contributed by atoms with van der Waals surface area (Å²) in [7, 11) is 0. The van der Waals surface area contributed by atoms with Crippen LogP contribution in [0.5, 0.6) is 0 Å². The van der Waals surface area contributed by atoms with Crippen molar-refractivity contribution in [3.05, 3.63) is 105 Å². The Bertz CT molecular complexity index is 1740. The van der Waals surface area contributed by atoms with Crippen LogP contribution < -0.4 is 21.9 Å². The quantitative estimate of drug-likeness (QED) is 0.416. The minimum Gasteiger partial charge on any atom is -0.478 e. The maximum Gasteiger partial charge on any atom is 0.338 e. The molecule has 0 spiro atoms. The van der Waals surface area contributed by atoms with Crippen LogP contribution in [0, 0.1) is 0 Å². The van der Waals surface area contributed by atoms with Crippen LogP contribution in [0.1, 0.15) is 52.6 Å². The monoisotopic (exact) mass is 478 g/mol. The van der Waals surface area contributed by atoms with Gasteiger partial charge in [-0.3, -0.25) is 9.59 Å². The Morgan fingerprint density at radius 1 is 0.722 bits per heavy atom. The molecule has 0 saturated heterocycles. The van der Waals surface area contributed by atoms with Crippen LogP contribution in [0.2, 0.25) is 0 Å². The first-order chi connectivity index (χ1) is 17.2. The predicted molar refractivity (Wildman–Crippen MR) is 135 cm³/mol. The average molecular weight is 478 g/mol. The Labute approximate surface area is 203 Å². The second kappa shape index (κ2) is 8.21. The van der Waals surface area contributed by atoms with Gasteiger partial charge < -0.3 is 21.7 Å². The molecule has 2 aliphatic carbocycles. The first-order valence-corrected chi connectivity index (χ1v) is 10.8. The predicted octanol–water partition coefficient (Wildman–Crippen LogP) is 2.37. The van der Waals surface area contributed by atoms with E-state index in [9.17, 15) is 29.4 Å². The molecule has 0 radical (unpaired) electrons. The Hall–Kier alpha value is -5.24. The minimum absolute atomic E-state index is 0.0233. The molecule has 5 rings (SSSR count). The van der Waals surface area contributed by atoms with Crippen LogP contribution >= 0.6 is 0 Å². The van der Waals surface area contributed by atoms with E-state index in [4.69, 9.17) is 11.5 Å². The first-order valence-electron chi connectivity index (χ1n) is 10.8. The number of allylic oxidation sites excluding steroid dienone is 4. The van der Waals surface area contributed by atoms with Gasteiger partial charge in [0.25, 0.3) is 0 Å². The smallest absolute Gasteiger partial charge is 0.338 e. The third kappa shape index (κ3) is 3.40. The summed E-state index contributed by atoms with van der Waals surface area (Å²) in [5.74, 6) is -3.42. The van der Waals surface area contributed by atoms with Crippen molar-refractivity contribution in [2.75, 3.05) is 11.5 Å². The van der Waals surface area contributed by atoms with Crippen LogP contribution in [-0.4, -0.2) is 33.7 Å². The number of carbonyl (C=O) groups excluding carboxylic acids is 2. The molecule has 36 heavy (non-hydrogen) atoms. The number of ketones is 2. The molecule has 0 amide bonds. The van der Waals surface area contributed by atoms with Crippen LogP contribution in [0.15, 0.2) is 60.7 Å². The first kappa shape index (κ1) is 22.5. The van der Waals surface area contributed by atoms with Crippen LogP contribution in [0.4, 0.5) is 11.4 Å². The van der Waals surface area contributed by atoms with Crippen molar-refractivity contribution in [1.82, 2.24) is 0 Å². The maximum atomic E-state index is 14.0. The molecular formula is C28H18N2O6. The molecule has 0 unspecified atom stereocenters.